The van der Waals surface area contributed by atoms with Crippen LogP contribution in [0.25, 0.3) is 11.2 Å². The van der Waals surface area contributed by atoms with E-state index in [4.69, 9.17) is 76.2 Å². The number of imidazole rings is 1. The number of aromatic nitrogens is 4. The second-order valence-electron chi connectivity index (χ2n) is 10.7. The summed E-state index contributed by atoms with van der Waals surface area (Å²) in [6.07, 6.45) is -17.4. The van der Waals surface area contributed by atoms with Crippen molar-refractivity contribution in [2.45, 2.75) is 73.4 Å². The van der Waals surface area contributed by atoms with Crippen molar-refractivity contribution in [2.24, 2.45) is 0 Å². The Balaban J connectivity index is 0.000000519. The van der Waals surface area contributed by atoms with Crippen LogP contribution >= 0.6 is 23.5 Å². The molecular formula is C22H40N5O25P3. The molecule has 0 bridgehead atoms. The Hall–Kier alpha value is -2.42. The molecule has 3 rings (SSSR count). The summed E-state index contributed by atoms with van der Waals surface area (Å²) < 4.78 is 51.9. The topological polar surface area (TPSA) is 516 Å². The third-order valence-electron chi connectivity index (χ3n) is 6.66. The van der Waals surface area contributed by atoms with Crippen LogP contribution < -0.4 is 5.73 Å². The van der Waals surface area contributed by atoms with Crippen molar-refractivity contribution in [1.82, 2.24) is 19.5 Å². The van der Waals surface area contributed by atoms with E-state index in [-0.39, 0.29) is 29.6 Å². The van der Waals surface area contributed by atoms with Gasteiger partial charge in [0, 0.05) is 0 Å². The number of aliphatic hydroxyl groups excluding tert-OH is 12. The molecule has 55 heavy (non-hydrogen) atoms. The highest BCUT2D eigenvalue weighted by Gasteiger charge is 2.47. The molecule has 1 aliphatic heterocycles. The van der Waals surface area contributed by atoms with Crippen molar-refractivity contribution in [2.75, 3.05) is 25.6 Å². The van der Waals surface area contributed by atoms with E-state index in [1.54, 1.807) is 0 Å². The fourth-order valence-corrected chi connectivity index (χ4v) is 6.89. The molecule has 2 aromatic heterocycles. The van der Waals surface area contributed by atoms with Crippen LogP contribution in [-0.2, 0) is 41.2 Å². The zero-order valence-electron chi connectivity index (χ0n) is 27.4. The monoisotopic (exact) mass is 867 g/mol. The van der Waals surface area contributed by atoms with E-state index in [1.807, 2.05) is 0 Å². The molecule has 3 heterocycles. The number of hydrogen-bond donors (Lipinski definition) is 17. The number of nitrogens with two attached hydrogens (primary N) is 1. The summed E-state index contributed by atoms with van der Waals surface area (Å²) in [7, 11) is -16.7. The van der Waals surface area contributed by atoms with Gasteiger partial charge in [-0.1, -0.05) is 0 Å². The Bertz CT molecular complexity index is 1620. The fraction of sp³-hybridized carbons (Fsp3) is 0.682. The zero-order chi connectivity index (χ0) is 42.6. The number of rotatable bonds is 18. The first-order chi connectivity index (χ1) is 25.3. The maximum atomic E-state index is 11.8. The lowest BCUT2D eigenvalue weighted by Gasteiger charge is -2.22. The number of phosphoric ester groups is 1. The van der Waals surface area contributed by atoms with Crippen LogP contribution in [0.2, 0.25) is 0 Å². The molecule has 33 heteroatoms. The number of carbonyl (C=O) groups excluding carboxylic acids is 2. The lowest BCUT2D eigenvalue weighted by Crippen LogP contribution is -2.46. The summed E-state index contributed by atoms with van der Waals surface area (Å²) in [5, 5.41) is 107. The molecule has 0 saturated carbocycles. The van der Waals surface area contributed by atoms with Gasteiger partial charge in [-0.3, -0.25) is 9.09 Å². The van der Waals surface area contributed by atoms with Crippen LogP contribution in [0, 0.1) is 0 Å². The largest absolute Gasteiger partial charge is 0.490 e. The highest BCUT2D eigenvalue weighted by Crippen LogP contribution is 2.66. The molecule has 0 aliphatic carbocycles. The van der Waals surface area contributed by atoms with E-state index < -0.39 is 117 Å². The smallest absolute Gasteiger partial charge is 0.394 e. The van der Waals surface area contributed by atoms with Gasteiger partial charge in [0.15, 0.2) is 30.3 Å². The van der Waals surface area contributed by atoms with Crippen LogP contribution in [0.3, 0.4) is 0 Å². The number of phosphoric acid groups is 3. The second-order valence-corrected chi connectivity index (χ2v) is 15.2. The third-order valence-corrected chi connectivity index (χ3v) is 10.5. The Morgan fingerprint density at radius 3 is 1.69 bits per heavy atom. The average Bonchev–Trinajstić information content (AvgIpc) is 3.67. The number of anilines is 1. The van der Waals surface area contributed by atoms with Gasteiger partial charge in [0.2, 0.25) is 0 Å². The van der Waals surface area contributed by atoms with Crippen molar-refractivity contribution in [3.63, 3.8) is 0 Å². The van der Waals surface area contributed by atoms with Gasteiger partial charge in [0.1, 0.15) is 79.0 Å². The van der Waals surface area contributed by atoms with Gasteiger partial charge < -0.3 is 101 Å². The summed E-state index contributed by atoms with van der Waals surface area (Å²) in [6.45, 7) is -2.48. The molecule has 2 unspecified atom stereocenters. The SMILES string of the molecule is Nc1ncnc2c1ncn2[C@@H]1O[C@H](COP(=O)(O)OP(=O)(O)OP(=O)(O)O)[C@@H](O)[C@H]1O.O=C[C@H](O)[C@@H](O)[C@H](O)[C@H](O)CO.O=C[C@H](O)[C@@H](O)[C@H](O)[C@H](O)CO. The summed E-state index contributed by atoms with van der Waals surface area (Å²) in [4.78, 5) is 67.0. The number of hydrogen-bond acceptors (Lipinski definition) is 25. The molecule has 318 valence electrons. The second kappa shape index (κ2) is 21.9. The predicted octanol–water partition coefficient (Wildman–Crippen LogP) is -8.39. The summed E-state index contributed by atoms with van der Waals surface area (Å²) in [5.41, 5.74) is 6.00. The summed E-state index contributed by atoms with van der Waals surface area (Å²) in [6, 6.07) is 0. The Morgan fingerprint density at radius 1 is 0.764 bits per heavy atom. The normalized spacial score (nSPS) is 25.2. The van der Waals surface area contributed by atoms with Crippen LogP contribution in [0.5, 0.6) is 0 Å². The average molecular weight is 867 g/mol. The molecule has 0 aromatic carbocycles. The van der Waals surface area contributed by atoms with Crippen LogP contribution in [0.15, 0.2) is 12.7 Å². The van der Waals surface area contributed by atoms with Gasteiger partial charge in [-0.05, 0) is 0 Å². The maximum Gasteiger partial charge on any atom is 0.490 e. The number of aliphatic hydroxyl groups is 12. The Morgan fingerprint density at radius 2 is 1.25 bits per heavy atom. The molecule has 1 fully saturated rings. The quantitative estimate of drug-likeness (QED) is 0.0488. The lowest BCUT2D eigenvalue weighted by molar-refractivity contribution is -0.136. The third kappa shape index (κ3) is 15.5. The number of nitrogen functional groups attached to an aromatic ring is 1. The first-order valence-electron chi connectivity index (χ1n) is 14.6. The van der Waals surface area contributed by atoms with E-state index in [1.165, 1.54) is 10.9 Å². The molecule has 0 radical (unpaired) electrons. The van der Waals surface area contributed by atoms with Crippen molar-refractivity contribution >= 4 is 53.0 Å². The first-order valence-corrected chi connectivity index (χ1v) is 19.1. The van der Waals surface area contributed by atoms with Crippen molar-refractivity contribution in [3.8, 4) is 0 Å². The molecule has 0 amide bonds. The molecule has 0 spiro atoms. The molecule has 2 aromatic rings. The van der Waals surface area contributed by atoms with Gasteiger partial charge in [0.05, 0.1) is 26.1 Å². The Labute approximate surface area is 306 Å². The first kappa shape index (κ1) is 50.6. The van der Waals surface area contributed by atoms with Gasteiger partial charge in [0.25, 0.3) is 0 Å². The minimum Gasteiger partial charge on any atom is -0.394 e. The standard InChI is InChI=1S/C10H16N5O13P3.2C6H12O6/c11-8-5-9(13-2-12-8)15(3-14-5)10-7(17)6(16)4(26-10)1-25-30(21,22)28-31(23,24)27-29(18,19)20;2*7-1-3(9)5(11)6(12)4(10)2-8/h2-4,6-7,10,16-17H,1H2,(H,21,22)(H,23,24)(H2,11,12,13)(H2,18,19,20);2*1,3-6,8-12H,2H2/t4-,6-,7-,10-;2*3-,4+,5+,6+/m100/s1. The predicted molar refractivity (Wildman–Crippen MR) is 170 cm³/mol. The number of ether oxygens (including phenoxy) is 1. The summed E-state index contributed by atoms with van der Waals surface area (Å²) >= 11 is 0. The minimum atomic E-state index is -5.70. The number of fused-ring (bicyclic) bond motifs is 1. The highest BCUT2D eigenvalue weighted by atomic mass is 31.3. The Kier molecular flexibility index (Phi) is 20.2. The molecular weight excluding hydrogens is 827 g/mol. The van der Waals surface area contributed by atoms with Crippen molar-refractivity contribution in [1.29, 1.82) is 0 Å². The van der Waals surface area contributed by atoms with E-state index in [9.17, 15) is 38.4 Å². The minimum absolute atomic E-state index is 0.0258. The maximum absolute atomic E-state index is 11.8. The molecule has 18 N–H and O–H groups in total. The lowest BCUT2D eigenvalue weighted by atomic mass is 10.0. The fourth-order valence-electron chi connectivity index (χ4n) is 3.86. The van der Waals surface area contributed by atoms with E-state index >= 15 is 0 Å². The molecule has 14 atom stereocenters. The summed E-state index contributed by atoms with van der Waals surface area (Å²) in [5.74, 6) is 0.0426. The zero-order valence-corrected chi connectivity index (χ0v) is 30.1. The number of carbonyl (C=O) groups is 2. The van der Waals surface area contributed by atoms with Gasteiger partial charge in [-0.25, -0.2) is 28.6 Å². The van der Waals surface area contributed by atoms with Crippen LogP contribution in [0.4, 0.5) is 5.82 Å². The molecule has 1 saturated heterocycles. The number of nitrogens with zero attached hydrogens (tertiary/aromatic N) is 4. The highest BCUT2D eigenvalue weighted by molar-refractivity contribution is 7.66. The van der Waals surface area contributed by atoms with Gasteiger partial charge >= 0.3 is 23.5 Å². The molecule has 1 aliphatic rings. The van der Waals surface area contributed by atoms with E-state index in [0.717, 1.165) is 6.33 Å². The molecule has 30 nitrogen and oxygen atoms in total. The van der Waals surface area contributed by atoms with Crippen molar-refractivity contribution in [3.05, 3.63) is 12.7 Å². The van der Waals surface area contributed by atoms with Crippen molar-refractivity contribution < 1.29 is 122 Å². The number of aldehydes is 2. The van der Waals surface area contributed by atoms with E-state index in [2.05, 4.69) is 28.1 Å². The van der Waals surface area contributed by atoms with E-state index in [0.29, 0.717) is 0 Å². The van der Waals surface area contributed by atoms with Gasteiger partial charge in [-0.2, -0.15) is 8.62 Å². The van der Waals surface area contributed by atoms with Gasteiger partial charge in [-0.15, -0.1) is 0 Å². The van der Waals surface area contributed by atoms with Crippen LogP contribution in [0.1, 0.15) is 6.23 Å². The van der Waals surface area contributed by atoms with Crippen LogP contribution in [-0.4, -0.2) is 200 Å².